The number of benzene rings is 1. The van der Waals surface area contributed by atoms with Gasteiger partial charge in [0.15, 0.2) is 0 Å². The number of amides is 2. The summed E-state index contributed by atoms with van der Waals surface area (Å²) in [5.74, 6) is 0.842. The first-order valence-corrected chi connectivity index (χ1v) is 6.50. The molecule has 1 aliphatic rings. The van der Waals surface area contributed by atoms with Crippen LogP contribution in [0.1, 0.15) is 25.3 Å². The highest BCUT2D eigenvalue weighted by atomic mass is 16.5. The Hall–Kier alpha value is -1.71. The summed E-state index contributed by atoms with van der Waals surface area (Å²) in [6.07, 6.45) is 2.21. The van der Waals surface area contributed by atoms with Gasteiger partial charge in [-0.1, -0.05) is 0 Å². The SMILES string of the molecule is CCOc1ccc(NC(=O)N2CCCC2)c(C)c1. The molecule has 4 heteroatoms. The van der Waals surface area contributed by atoms with Gasteiger partial charge >= 0.3 is 6.03 Å². The highest BCUT2D eigenvalue weighted by Gasteiger charge is 2.18. The van der Waals surface area contributed by atoms with Crippen molar-refractivity contribution in [2.45, 2.75) is 26.7 Å². The lowest BCUT2D eigenvalue weighted by Crippen LogP contribution is -2.32. The largest absolute Gasteiger partial charge is 0.494 e. The van der Waals surface area contributed by atoms with Gasteiger partial charge in [0.25, 0.3) is 0 Å². The molecule has 98 valence electrons. The van der Waals surface area contributed by atoms with Crippen molar-refractivity contribution in [2.24, 2.45) is 0 Å². The minimum Gasteiger partial charge on any atom is -0.494 e. The molecule has 0 spiro atoms. The normalized spacial score (nSPS) is 14.7. The molecule has 1 aromatic rings. The molecule has 1 aromatic carbocycles. The van der Waals surface area contributed by atoms with Gasteiger partial charge < -0.3 is 15.0 Å². The Morgan fingerprint density at radius 2 is 2.11 bits per heavy atom. The molecule has 2 rings (SSSR count). The van der Waals surface area contributed by atoms with Gasteiger partial charge in [0.2, 0.25) is 0 Å². The lowest BCUT2D eigenvalue weighted by molar-refractivity contribution is 0.222. The monoisotopic (exact) mass is 248 g/mol. The third-order valence-corrected chi connectivity index (χ3v) is 3.14. The van der Waals surface area contributed by atoms with Gasteiger partial charge in [-0.15, -0.1) is 0 Å². The Morgan fingerprint density at radius 3 is 2.72 bits per heavy atom. The van der Waals surface area contributed by atoms with E-state index in [1.165, 1.54) is 0 Å². The number of likely N-dealkylation sites (tertiary alicyclic amines) is 1. The number of ether oxygens (including phenoxy) is 1. The van der Waals surface area contributed by atoms with Crippen molar-refractivity contribution in [3.8, 4) is 5.75 Å². The second-order valence-corrected chi connectivity index (χ2v) is 4.53. The summed E-state index contributed by atoms with van der Waals surface area (Å²) in [6, 6.07) is 5.73. The van der Waals surface area contributed by atoms with Crippen molar-refractivity contribution in [2.75, 3.05) is 25.0 Å². The second-order valence-electron chi connectivity index (χ2n) is 4.53. The van der Waals surface area contributed by atoms with E-state index in [1.807, 2.05) is 36.9 Å². The molecule has 0 bridgehead atoms. The Morgan fingerprint density at radius 1 is 1.39 bits per heavy atom. The first kappa shape index (κ1) is 12.7. The zero-order valence-electron chi connectivity index (χ0n) is 11.0. The van der Waals surface area contributed by atoms with Gasteiger partial charge in [-0.2, -0.15) is 0 Å². The van der Waals surface area contributed by atoms with E-state index in [-0.39, 0.29) is 6.03 Å². The zero-order chi connectivity index (χ0) is 13.0. The molecule has 4 nitrogen and oxygen atoms in total. The number of anilines is 1. The highest BCUT2D eigenvalue weighted by molar-refractivity contribution is 5.90. The smallest absolute Gasteiger partial charge is 0.321 e. The topological polar surface area (TPSA) is 41.6 Å². The van der Waals surface area contributed by atoms with E-state index in [2.05, 4.69) is 5.32 Å². The van der Waals surface area contributed by atoms with E-state index >= 15 is 0 Å². The Labute approximate surface area is 108 Å². The zero-order valence-corrected chi connectivity index (χ0v) is 11.0. The number of rotatable bonds is 3. The number of aryl methyl sites for hydroxylation is 1. The predicted molar refractivity (Wildman–Crippen MR) is 72.2 cm³/mol. The lowest BCUT2D eigenvalue weighted by Gasteiger charge is -2.17. The minimum atomic E-state index is -0.000222. The number of hydrogen-bond acceptors (Lipinski definition) is 2. The number of nitrogens with one attached hydrogen (secondary N) is 1. The van der Waals surface area contributed by atoms with Crippen LogP contribution in [0.5, 0.6) is 5.75 Å². The number of urea groups is 1. The second kappa shape index (κ2) is 5.76. The van der Waals surface area contributed by atoms with E-state index in [9.17, 15) is 4.79 Å². The summed E-state index contributed by atoms with van der Waals surface area (Å²) in [4.78, 5) is 13.8. The van der Waals surface area contributed by atoms with Gasteiger partial charge in [-0.3, -0.25) is 0 Å². The molecule has 1 fully saturated rings. The van der Waals surface area contributed by atoms with Crippen LogP contribution < -0.4 is 10.1 Å². The van der Waals surface area contributed by atoms with E-state index in [4.69, 9.17) is 4.74 Å². The average molecular weight is 248 g/mol. The number of carbonyl (C=O) groups is 1. The standard InChI is InChI=1S/C14H20N2O2/c1-3-18-12-6-7-13(11(2)10-12)15-14(17)16-8-4-5-9-16/h6-7,10H,3-5,8-9H2,1-2H3,(H,15,17). The van der Waals surface area contributed by atoms with E-state index in [1.54, 1.807) is 0 Å². The van der Waals surface area contributed by atoms with Crippen LogP contribution >= 0.6 is 0 Å². The fraction of sp³-hybridized carbons (Fsp3) is 0.500. The molecule has 1 N–H and O–H groups in total. The fourth-order valence-electron chi connectivity index (χ4n) is 2.15. The molecule has 1 aliphatic heterocycles. The first-order valence-electron chi connectivity index (χ1n) is 6.50. The fourth-order valence-corrected chi connectivity index (χ4v) is 2.15. The van der Waals surface area contributed by atoms with Crippen molar-refractivity contribution in [1.82, 2.24) is 4.90 Å². The van der Waals surface area contributed by atoms with E-state index < -0.39 is 0 Å². The molecule has 1 saturated heterocycles. The molecule has 2 amide bonds. The minimum absolute atomic E-state index is 0.000222. The highest BCUT2D eigenvalue weighted by Crippen LogP contribution is 2.22. The van der Waals surface area contributed by atoms with E-state index in [0.717, 1.165) is 42.9 Å². The molecule has 0 unspecified atom stereocenters. The van der Waals surface area contributed by atoms with Crippen LogP contribution in [-0.2, 0) is 0 Å². The summed E-state index contributed by atoms with van der Waals surface area (Å²) in [5.41, 5.74) is 1.88. The molecular formula is C14H20N2O2. The Bertz CT molecular complexity index is 426. The third kappa shape index (κ3) is 2.94. The van der Waals surface area contributed by atoms with Crippen LogP contribution in [0, 0.1) is 6.92 Å². The van der Waals surface area contributed by atoms with Crippen LogP contribution in [-0.4, -0.2) is 30.6 Å². The maximum atomic E-state index is 12.0. The third-order valence-electron chi connectivity index (χ3n) is 3.14. The van der Waals surface area contributed by atoms with Crippen molar-refractivity contribution in [3.63, 3.8) is 0 Å². The van der Waals surface area contributed by atoms with Crippen molar-refractivity contribution < 1.29 is 9.53 Å². The number of carbonyl (C=O) groups excluding carboxylic acids is 1. The van der Waals surface area contributed by atoms with Crippen molar-refractivity contribution in [1.29, 1.82) is 0 Å². The van der Waals surface area contributed by atoms with Crippen LogP contribution in [0.15, 0.2) is 18.2 Å². The first-order chi connectivity index (χ1) is 8.70. The van der Waals surface area contributed by atoms with Crippen LogP contribution in [0.4, 0.5) is 10.5 Å². The van der Waals surface area contributed by atoms with Crippen molar-refractivity contribution in [3.05, 3.63) is 23.8 Å². The van der Waals surface area contributed by atoms with Gasteiger partial charge in [-0.25, -0.2) is 4.79 Å². The van der Waals surface area contributed by atoms with Gasteiger partial charge in [-0.05, 0) is 50.5 Å². The van der Waals surface area contributed by atoms with Gasteiger partial charge in [0, 0.05) is 18.8 Å². The molecule has 1 heterocycles. The van der Waals surface area contributed by atoms with E-state index in [0.29, 0.717) is 6.61 Å². The van der Waals surface area contributed by atoms with Crippen molar-refractivity contribution >= 4 is 11.7 Å². The van der Waals surface area contributed by atoms with Gasteiger partial charge in [0.1, 0.15) is 5.75 Å². The maximum absolute atomic E-state index is 12.0. The van der Waals surface area contributed by atoms with Crippen LogP contribution in [0.3, 0.4) is 0 Å². The Balaban J connectivity index is 2.02. The molecule has 18 heavy (non-hydrogen) atoms. The molecule has 0 radical (unpaired) electrons. The summed E-state index contributed by atoms with van der Waals surface area (Å²) >= 11 is 0. The lowest BCUT2D eigenvalue weighted by atomic mass is 10.2. The maximum Gasteiger partial charge on any atom is 0.321 e. The van der Waals surface area contributed by atoms with Crippen LogP contribution in [0.25, 0.3) is 0 Å². The number of hydrogen-bond donors (Lipinski definition) is 1. The summed E-state index contributed by atoms with van der Waals surface area (Å²) < 4.78 is 5.42. The molecule has 0 aromatic heterocycles. The summed E-state index contributed by atoms with van der Waals surface area (Å²) in [7, 11) is 0. The molecule has 0 atom stereocenters. The predicted octanol–water partition coefficient (Wildman–Crippen LogP) is 3.02. The van der Waals surface area contributed by atoms with Crippen LogP contribution in [0.2, 0.25) is 0 Å². The Kier molecular flexibility index (Phi) is 4.07. The summed E-state index contributed by atoms with van der Waals surface area (Å²) in [5, 5.41) is 2.95. The molecule has 0 aliphatic carbocycles. The molecule has 0 saturated carbocycles. The number of nitrogens with zero attached hydrogens (tertiary/aromatic N) is 1. The summed E-state index contributed by atoms with van der Waals surface area (Å²) in [6.45, 7) is 6.31. The quantitative estimate of drug-likeness (QED) is 0.893. The molecular weight excluding hydrogens is 228 g/mol. The average Bonchev–Trinajstić information content (AvgIpc) is 2.86. The van der Waals surface area contributed by atoms with Gasteiger partial charge in [0.05, 0.1) is 6.61 Å².